The van der Waals surface area contributed by atoms with Crippen LogP contribution in [-0.4, -0.2) is 14.1 Å². The second kappa shape index (κ2) is 6.76. The molecular weight excluding hydrogens is 366 g/mol. The molecule has 0 atom stereocenters. The molecule has 2 heterocycles. The number of benzene rings is 3. The molecule has 0 amide bonds. The molecule has 140 valence electrons. The first-order valence-electron chi connectivity index (χ1n) is 9.09. The van der Waals surface area contributed by atoms with Gasteiger partial charge in [0.05, 0.1) is 11.4 Å². The molecule has 29 heavy (non-hydrogen) atoms. The first kappa shape index (κ1) is 16.9. The highest BCUT2D eigenvalue weighted by molar-refractivity contribution is 5.74. The van der Waals surface area contributed by atoms with Crippen LogP contribution >= 0.6 is 0 Å². The Hall–Kier alpha value is -4.19. The van der Waals surface area contributed by atoms with Crippen LogP contribution < -0.4 is 11.2 Å². The fraction of sp³-hybridized carbons (Fsp3) is 0. The number of rotatable bonds is 3. The van der Waals surface area contributed by atoms with Crippen molar-refractivity contribution in [2.45, 2.75) is 0 Å². The minimum absolute atomic E-state index is 0.0937. The highest BCUT2D eigenvalue weighted by atomic mass is 16.4. The van der Waals surface area contributed by atoms with Gasteiger partial charge < -0.3 is 4.42 Å². The predicted octanol–water partition coefficient (Wildman–Crippen LogP) is 3.80. The second-order valence-electron chi connectivity index (χ2n) is 6.47. The zero-order valence-electron chi connectivity index (χ0n) is 15.2. The van der Waals surface area contributed by atoms with Crippen molar-refractivity contribution in [1.29, 1.82) is 0 Å². The van der Waals surface area contributed by atoms with E-state index >= 15 is 0 Å². The van der Waals surface area contributed by atoms with E-state index < -0.39 is 11.2 Å². The summed E-state index contributed by atoms with van der Waals surface area (Å²) in [4.78, 5) is 31.0. The Morgan fingerprint density at radius 1 is 0.655 bits per heavy atom. The van der Waals surface area contributed by atoms with Gasteiger partial charge in [0.25, 0.3) is 5.56 Å². The smallest absolute Gasteiger partial charge is 0.343 e. The summed E-state index contributed by atoms with van der Waals surface area (Å²) >= 11 is 0. The van der Waals surface area contributed by atoms with E-state index in [9.17, 15) is 9.59 Å². The van der Waals surface area contributed by atoms with Gasteiger partial charge in [0.15, 0.2) is 5.52 Å². The highest BCUT2D eigenvalue weighted by Gasteiger charge is 2.21. The molecule has 2 aromatic heterocycles. The third-order valence-electron chi connectivity index (χ3n) is 4.65. The van der Waals surface area contributed by atoms with Crippen molar-refractivity contribution in [3.8, 4) is 22.8 Å². The second-order valence-corrected chi connectivity index (χ2v) is 6.47. The monoisotopic (exact) mass is 381 g/mol. The van der Waals surface area contributed by atoms with Crippen molar-refractivity contribution in [2.24, 2.45) is 0 Å². The molecule has 0 spiro atoms. The molecule has 6 nitrogen and oxygen atoms in total. The van der Waals surface area contributed by atoms with Crippen LogP contribution in [0.25, 0.3) is 34.1 Å². The fourth-order valence-corrected chi connectivity index (χ4v) is 3.30. The fourth-order valence-electron chi connectivity index (χ4n) is 3.30. The summed E-state index contributed by atoms with van der Waals surface area (Å²) in [5.41, 5.74) is 0.959. The number of oxazole rings is 1. The maximum Gasteiger partial charge on any atom is 0.343 e. The summed E-state index contributed by atoms with van der Waals surface area (Å²) in [5.74, 6) is 0.285. The van der Waals surface area contributed by atoms with Gasteiger partial charge >= 0.3 is 5.69 Å². The number of aromatic nitrogens is 3. The van der Waals surface area contributed by atoms with Gasteiger partial charge in [-0.2, -0.15) is 0 Å². The standard InChI is InChI=1S/C23H15N3O3/c27-21-19-22(29-20(24-19)16-10-4-1-5-11-16)26(18-14-8-3-9-15-18)23(28)25(21)17-12-6-2-7-13-17/h1-15H. The van der Waals surface area contributed by atoms with E-state index in [2.05, 4.69) is 4.98 Å². The van der Waals surface area contributed by atoms with Gasteiger partial charge in [-0.25, -0.2) is 18.9 Å². The number of hydrogen-bond donors (Lipinski definition) is 0. The lowest BCUT2D eigenvalue weighted by molar-refractivity contribution is 0.589. The first-order valence-corrected chi connectivity index (χ1v) is 9.09. The molecule has 0 bridgehead atoms. The number of para-hydroxylation sites is 2. The normalized spacial score (nSPS) is 11.0. The molecule has 5 aromatic rings. The molecule has 5 rings (SSSR count). The molecule has 0 saturated heterocycles. The summed E-state index contributed by atoms with van der Waals surface area (Å²) in [7, 11) is 0. The summed E-state index contributed by atoms with van der Waals surface area (Å²) in [5, 5.41) is 0. The lowest BCUT2D eigenvalue weighted by Crippen LogP contribution is -2.38. The Balaban J connectivity index is 1.91. The molecule has 0 N–H and O–H groups in total. The lowest BCUT2D eigenvalue weighted by Gasteiger charge is -2.10. The maximum absolute atomic E-state index is 13.4. The molecule has 0 radical (unpaired) electrons. The van der Waals surface area contributed by atoms with Crippen LogP contribution in [0.1, 0.15) is 0 Å². The van der Waals surface area contributed by atoms with Crippen molar-refractivity contribution in [3.63, 3.8) is 0 Å². The van der Waals surface area contributed by atoms with Crippen molar-refractivity contribution in [3.05, 3.63) is 112 Å². The molecule has 0 aliphatic carbocycles. The maximum atomic E-state index is 13.4. The molecule has 0 unspecified atom stereocenters. The van der Waals surface area contributed by atoms with Crippen LogP contribution in [0.3, 0.4) is 0 Å². The SMILES string of the molecule is O=c1c2nc(-c3ccccc3)oc2n(-c2ccccc2)c(=O)n1-c1ccccc1. The molecule has 0 fully saturated rings. The molecule has 0 saturated carbocycles. The highest BCUT2D eigenvalue weighted by Crippen LogP contribution is 2.23. The van der Waals surface area contributed by atoms with Crippen LogP contribution in [0.5, 0.6) is 0 Å². The van der Waals surface area contributed by atoms with E-state index in [-0.39, 0.29) is 17.1 Å². The van der Waals surface area contributed by atoms with Gasteiger partial charge in [0.2, 0.25) is 11.6 Å². The van der Waals surface area contributed by atoms with Gasteiger partial charge in [0, 0.05) is 5.56 Å². The van der Waals surface area contributed by atoms with Crippen molar-refractivity contribution >= 4 is 11.2 Å². The van der Waals surface area contributed by atoms with Crippen LogP contribution in [0.15, 0.2) is 105 Å². The minimum Gasteiger partial charge on any atom is -0.419 e. The van der Waals surface area contributed by atoms with Gasteiger partial charge in [-0.1, -0.05) is 54.6 Å². The topological polar surface area (TPSA) is 70.0 Å². The average molecular weight is 381 g/mol. The van der Waals surface area contributed by atoms with Gasteiger partial charge in [-0.05, 0) is 36.4 Å². The van der Waals surface area contributed by atoms with Crippen LogP contribution in [0, 0.1) is 0 Å². The molecular formula is C23H15N3O3. The zero-order valence-corrected chi connectivity index (χ0v) is 15.2. The molecule has 0 aliphatic rings. The minimum atomic E-state index is -0.519. The number of nitrogens with zero attached hydrogens (tertiary/aromatic N) is 3. The van der Waals surface area contributed by atoms with Crippen LogP contribution in [0.2, 0.25) is 0 Å². The van der Waals surface area contributed by atoms with E-state index in [0.717, 1.165) is 10.1 Å². The third kappa shape index (κ3) is 2.78. The number of hydrogen-bond acceptors (Lipinski definition) is 4. The summed E-state index contributed by atoms with van der Waals surface area (Å²) < 4.78 is 8.43. The van der Waals surface area contributed by atoms with E-state index in [0.29, 0.717) is 11.4 Å². The summed E-state index contributed by atoms with van der Waals surface area (Å²) in [6.07, 6.45) is 0. The molecule has 0 aliphatic heterocycles. The van der Waals surface area contributed by atoms with Crippen molar-refractivity contribution in [1.82, 2.24) is 14.1 Å². The van der Waals surface area contributed by atoms with Crippen molar-refractivity contribution in [2.75, 3.05) is 0 Å². The third-order valence-corrected chi connectivity index (χ3v) is 4.65. The molecule has 3 aromatic carbocycles. The van der Waals surface area contributed by atoms with Gasteiger partial charge in [-0.15, -0.1) is 0 Å². The Morgan fingerprint density at radius 3 is 1.76 bits per heavy atom. The predicted molar refractivity (Wildman–Crippen MR) is 111 cm³/mol. The Morgan fingerprint density at radius 2 is 1.17 bits per heavy atom. The van der Waals surface area contributed by atoms with E-state index in [1.165, 1.54) is 4.57 Å². The average Bonchev–Trinajstić information content (AvgIpc) is 3.21. The Bertz CT molecular complexity index is 1420. The first-order chi connectivity index (χ1) is 14.2. The van der Waals surface area contributed by atoms with Crippen molar-refractivity contribution < 1.29 is 4.42 Å². The van der Waals surface area contributed by atoms with Crippen LogP contribution in [-0.2, 0) is 0 Å². The number of fused-ring (bicyclic) bond motifs is 1. The quantitative estimate of drug-likeness (QED) is 0.477. The van der Waals surface area contributed by atoms with E-state index in [1.54, 1.807) is 36.4 Å². The van der Waals surface area contributed by atoms with Crippen LogP contribution in [0.4, 0.5) is 0 Å². The van der Waals surface area contributed by atoms with Gasteiger partial charge in [0.1, 0.15) is 0 Å². The lowest BCUT2D eigenvalue weighted by atomic mass is 10.2. The summed E-state index contributed by atoms with van der Waals surface area (Å²) in [6, 6.07) is 27.1. The zero-order chi connectivity index (χ0) is 19.8. The molecule has 6 heteroatoms. The van der Waals surface area contributed by atoms with E-state index in [1.807, 2.05) is 54.6 Å². The Kier molecular flexibility index (Phi) is 3.95. The van der Waals surface area contributed by atoms with Gasteiger partial charge in [-0.3, -0.25) is 4.79 Å². The van der Waals surface area contributed by atoms with E-state index in [4.69, 9.17) is 4.42 Å². The summed E-state index contributed by atoms with van der Waals surface area (Å²) in [6.45, 7) is 0. The largest absolute Gasteiger partial charge is 0.419 e. The Labute approximate surface area is 164 Å².